The number of hydrogen-bond donors (Lipinski definition) is 2. The monoisotopic (exact) mass is 399 g/mol. The Kier molecular flexibility index (Phi) is 15.3. The van der Waals surface area contributed by atoms with E-state index in [0.717, 1.165) is 12.8 Å². The zero-order valence-corrected chi connectivity index (χ0v) is 17.1. The molecule has 1 unspecified atom stereocenters. The SMILES string of the molecule is C#CC(O)CCCCC=NC(=C/CC(=O)NC)/C(=C\C)/N=C/C(C=C)=C/C=C/F. The lowest BCUT2D eigenvalue weighted by molar-refractivity contribution is -0.119. The van der Waals surface area contributed by atoms with Gasteiger partial charge in [-0.2, -0.15) is 0 Å². The van der Waals surface area contributed by atoms with Crippen molar-refractivity contribution >= 4 is 18.3 Å². The van der Waals surface area contributed by atoms with Crippen LogP contribution >= 0.6 is 0 Å². The summed E-state index contributed by atoms with van der Waals surface area (Å²) in [5.41, 5.74) is 1.75. The van der Waals surface area contributed by atoms with Gasteiger partial charge in [0, 0.05) is 25.9 Å². The van der Waals surface area contributed by atoms with Crippen molar-refractivity contribution in [3.8, 4) is 12.3 Å². The Morgan fingerprint density at radius 1 is 1.34 bits per heavy atom. The maximum atomic E-state index is 12.2. The molecule has 2 N–H and O–H groups in total. The minimum absolute atomic E-state index is 0.139. The highest BCUT2D eigenvalue weighted by molar-refractivity contribution is 5.84. The first-order valence-corrected chi connectivity index (χ1v) is 9.40. The molecule has 0 aliphatic heterocycles. The predicted molar refractivity (Wildman–Crippen MR) is 119 cm³/mol. The van der Waals surface area contributed by atoms with Crippen LogP contribution in [-0.4, -0.2) is 36.6 Å². The van der Waals surface area contributed by atoms with Gasteiger partial charge in [-0.1, -0.05) is 30.7 Å². The van der Waals surface area contributed by atoms with Crippen LogP contribution in [0.2, 0.25) is 0 Å². The minimum atomic E-state index is -0.710. The Morgan fingerprint density at radius 3 is 2.69 bits per heavy atom. The third kappa shape index (κ3) is 12.9. The summed E-state index contributed by atoms with van der Waals surface area (Å²) in [7, 11) is 1.57. The molecule has 0 bridgehead atoms. The van der Waals surface area contributed by atoms with Crippen LogP contribution in [0.4, 0.5) is 4.39 Å². The van der Waals surface area contributed by atoms with Gasteiger partial charge < -0.3 is 10.4 Å². The maximum absolute atomic E-state index is 12.2. The summed E-state index contributed by atoms with van der Waals surface area (Å²) < 4.78 is 12.2. The van der Waals surface area contributed by atoms with Crippen LogP contribution < -0.4 is 5.32 Å². The van der Waals surface area contributed by atoms with Crippen LogP contribution in [0.25, 0.3) is 0 Å². The van der Waals surface area contributed by atoms with Gasteiger partial charge in [0.15, 0.2) is 0 Å². The standard InChI is InChI=1S/C23H30FN3O2/c1-5-19(12-11-16-24)18-27-21(7-3)22(14-15-23(29)25-4)26-17-10-8-9-13-20(28)6-2/h2,5,7,11-12,14,16-18,20,28H,1,8-10,13,15H2,3-4H3,(H,25,29)/b16-11+,19-12+,21-7+,22-14+,26-17?,27-18+. The van der Waals surface area contributed by atoms with E-state index in [0.29, 0.717) is 36.1 Å². The second-order valence-corrected chi connectivity index (χ2v) is 5.87. The average Bonchev–Trinajstić information content (AvgIpc) is 2.75. The second kappa shape index (κ2) is 17.1. The van der Waals surface area contributed by atoms with E-state index in [9.17, 15) is 14.3 Å². The molecule has 5 nitrogen and oxygen atoms in total. The largest absolute Gasteiger partial charge is 0.380 e. The highest BCUT2D eigenvalue weighted by Gasteiger charge is 2.03. The highest BCUT2D eigenvalue weighted by atomic mass is 19.1. The molecule has 0 heterocycles. The zero-order valence-electron chi connectivity index (χ0n) is 17.1. The van der Waals surface area contributed by atoms with Crippen LogP contribution in [0.15, 0.2) is 70.2 Å². The number of allylic oxidation sites excluding steroid dienone is 5. The van der Waals surface area contributed by atoms with E-state index < -0.39 is 6.10 Å². The molecule has 0 aromatic rings. The third-order valence-electron chi connectivity index (χ3n) is 3.73. The summed E-state index contributed by atoms with van der Waals surface area (Å²) in [6, 6.07) is 0. The van der Waals surface area contributed by atoms with Crippen LogP contribution in [0.3, 0.4) is 0 Å². The van der Waals surface area contributed by atoms with Gasteiger partial charge in [-0.25, -0.2) is 4.39 Å². The lowest BCUT2D eigenvalue weighted by atomic mass is 10.1. The fourth-order valence-corrected chi connectivity index (χ4v) is 2.08. The number of nitrogens with zero attached hydrogens (tertiary/aromatic N) is 2. The molecule has 0 radical (unpaired) electrons. The molecule has 0 spiro atoms. The maximum Gasteiger partial charge on any atom is 0.223 e. The molecule has 6 heteroatoms. The molecule has 0 aromatic carbocycles. The van der Waals surface area contributed by atoms with Crippen molar-refractivity contribution in [1.29, 1.82) is 0 Å². The lowest BCUT2D eigenvalue weighted by Crippen LogP contribution is -2.16. The van der Waals surface area contributed by atoms with E-state index in [1.807, 2.05) is 6.92 Å². The van der Waals surface area contributed by atoms with Crippen LogP contribution in [-0.2, 0) is 4.79 Å². The summed E-state index contributed by atoms with van der Waals surface area (Å²) in [5, 5.41) is 11.9. The van der Waals surface area contributed by atoms with Gasteiger partial charge in [0.2, 0.25) is 5.91 Å². The molecule has 0 aliphatic rings. The van der Waals surface area contributed by atoms with E-state index in [-0.39, 0.29) is 12.3 Å². The number of rotatable bonds is 13. The van der Waals surface area contributed by atoms with E-state index in [1.54, 1.807) is 37.7 Å². The Morgan fingerprint density at radius 2 is 2.10 bits per heavy atom. The number of hydrogen-bond acceptors (Lipinski definition) is 4. The van der Waals surface area contributed by atoms with E-state index in [1.165, 1.54) is 12.2 Å². The number of carbonyl (C=O) groups excluding carboxylic acids is 1. The first-order chi connectivity index (χ1) is 14.0. The molecular formula is C23H30FN3O2. The summed E-state index contributed by atoms with van der Waals surface area (Å²) in [5.74, 6) is 2.15. The van der Waals surface area contributed by atoms with Crippen molar-refractivity contribution in [3.63, 3.8) is 0 Å². The van der Waals surface area contributed by atoms with Crippen molar-refractivity contribution < 1.29 is 14.3 Å². The van der Waals surface area contributed by atoms with Crippen molar-refractivity contribution in [2.24, 2.45) is 9.98 Å². The summed E-state index contributed by atoms with van der Waals surface area (Å²) in [4.78, 5) is 20.4. The minimum Gasteiger partial charge on any atom is -0.380 e. The number of aliphatic hydroxyl groups excluding tert-OH is 1. The first-order valence-electron chi connectivity index (χ1n) is 9.40. The van der Waals surface area contributed by atoms with Gasteiger partial charge in [-0.05, 0) is 50.3 Å². The van der Waals surface area contributed by atoms with Gasteiger partial charge >= 0.3 is 0 Å². The molecule has 0 aromatic heterocycles. The molecule has 0 aliphatic carbocycles. The fourth-order valence-electron chi connectivity index (χ4n) is 2.08. The molecule has 0 saturated carbocycles. The highest BCUT2D eigenvalue weighted by Crippen LogP contribution is 2.15. The number of nitrogens with one attached hydrogen (secondary N) is 1. The molecule has 0 rings (SSSR count). The topological polar surface area (TPSA) is 74.1 Å². The van der Waals surface area contributed by atoms with E-state index >= 15 is 0 Å². The molecule has 29 heavy (non-hydrogen) atoms. The summed E-state index contributed by atoms with van der Waals surface area (Å²) in [6.45, 7) is 5.48. The smallest absolute Gasteiger partial charge is 0.223 e. The molecule has 1 amide bonds. The van der Waals surface area contributed by atoms with Gasteiger partial charge in [0.05, 0.1) is 17.7 Å². The van der Waals surface area contributed by atoms with Crippen molar-refractivity contribution in [2.75, 3.05) is 7.05 Å². The molecular weight excluding hydrogens is 369 g/mol. The van der Waals surface area contributed by atoms with Gasteiger partial charge in [-0.15, -0.1) is 6.42 Å². The Hall–Kier alpha value is -3.04. The Bertz CT molecular complexity index is 738. The number of carbonyl (C=O) groups is 1. The Labute approximate surface area is 173 Å². The quantitative estimate of drug-likeness (QED) is 0.211. The van der Waals surface area contributed by atoms with Crippen molar-refractivity contribution in [1.82, 2.24) is 5.32 Å². The summed E-state index contributed by atoms with van der Waals surface area (Å²) >= 11 is 0. The number of terminal acetylenes is 1. The van der Waals surface area contributed by atoms with Crippen molar-refractivity contribution in [3.05, 3.63) is 60.3 Å². The molecule has 0 saturated heterocycles. The lowest BCUT2D eigenvalue weighted by Gasteiger charge is -2.04. The number of aliphatic hydroxyl groups is 1. The number of amides is 1. The third-order valence-corrected chi connectivity index (χ3v) is 3.73. The molecule has 0 fully saturated rings. The van der Waals surface area contributed by atoms with Crippen LogP contribution in [0.5, 0.6) is 0 Å². The first kappa shape index (κ1) is 26.0. The number of aliphatic imine (C=N–C) groups is 2. The molecule has 1 atom stereocenters. The van der Waals surface area contributed by atoms with E-state index in [4.69, 9.17) is 6.42 Å². The fraction of sp³-hybridized carbons (Fsp3) is 0.348. The summed E-state index contributed by atoms with van der Waals surface area (Å²) in [6.07, 6.45) is 19.0. The normalized spacial score (nSPS) is 14.5. The number of halogens is 1. The predicted octanol–water partition coefficient (Wildman–Crippen LogP) is 4.20. The van der Waals surface area contributed by atoms with Crippen LogP contribution in [0, 0.1) is 12.3 Å². The van der Waals surface area contributed by atoms with Gasteiger partial charge in [0.25, 0.3) is 0 Å². The zero-order chi connectivity index (χ0) is 21.9. The van der Waals surface area contributed by atoms with Gasteiger partial charge in [0.1, 0.15) is 6.10 Å². The Balaban J connectivity index is 5.26. The second-order valence-electron chi connectivity index (χ2n) is 5.87. The van der Waals surface area contributed by atoms with E-state index in [2.05, 4.69) is 27.8 Å². The number of unbranched alkanes of at least 4 members (excludes halogenated alkanes) is 2. The van der Waals surface area contributed by atoms with Crippen LogP contribution in [0.1, 0.15) is 39.0 Å². The van der Waals surface area contributed by atoms with Crippen molar-refractivity contribution in [2.45, 2.75) is 45.1 Å². The average molecular weight is 400 g/mol. The molecule has 156 valence electrons. The van der Waals surface area contributed by atoms with Gasteiger partial charge in [-0.3, -0.25) is 14.8 Å².